The zero-order valence-corrected chi connectivity index (χ0v) is 16.3. The molecule has 2 radical (unpaired) electrons. The Hall–Kier alpha value is 2.94. The molecule has 0 aromatic heterocycles. The van der Waals surface area contributed by atoms with Crippen molar-refractivity contribution in [2.24, 2.45) is 0 Å². The fourth-order valence-corrected chi connectivity index (χ4v) is 0. The van der Waals surface area contributed by atoms with Crippen molar-refractivity contribution in [2.45, 2.75) is 0 Å². The first-order valence-corrected chi connectivity index (χ1v) is 0. The first-order valence-electron chi connectivity index (χ1n) is 0. The maximum absolute atomic E-state index is 0. The monoisotopic (exact) mass is 454 g/mol. The van der Waals surface area contributed by atoms with Crippen LogP contribution in [-0.2, 0) is 44.7 Å². The van der Waals surface area contributed by atoms with E-state index in [0.29, 0.717) is 0 Å². The normalized spacial score (nSPS) is 0. The van der Waals surface area contributed by atoms with E-state index in [-0.39, 0.29) is 89.9 Å². The molecule has 22 valence electrons. The molecule has 0 bridgehead atoms. The Labute approximate surface area is 88.2 Å². The van der Waals surface area contributed by atoms with E-state index in [4.69, 9.17) is 0 Å². The Morgan fingerprint density at radius 1 is 1.00 bits per heavy atom. The minimum absolute atomic E-state index is 0. The molecule has 0 spiro atoms. The van der Waals surface area contributed by atoms with Crippen molar-refractivity contribution in [1.29, 1.82) is 0 Å². The van der Waals surface area contributed by atoms with Gasteiger partial charge in [0.25, 0.3) is 0 Å². The summed E-state index contributed by atoms with van der Waals surface area (Å²) in [5.74, 6) is 0. The second kappa shape index (κ2) is 16.8. The molecule has 0 aliphatic heterocycles. The molecule has 0 aromatic rings. The van der Waals surface area contributed by atoms with Crippen LogP contribution < -0.4 is 0 Å². The van der Waals surface area contributed by atoms with E-state index in [9.17, 15) is 0 Å². The van der Waals surface area contributed by atoms with E-state index >= 15 is 0 Å². The van der Waals surface area contributed by atoms with Gasteiger partial charge in [-0.2, -0.15) is 0 Å². The SMILES string of the molecule is [AsH3].[Cd].[Cr].[PbH2]. The molecule has 4 heteroatoms. The van der Waals surface area contributed by atoms with Gasteiger partial charge in [0.05, 0.1) is 0 Å². The van der Waals surface area contributed by atoms with E-state index < -0.39 is 0 Å². The molecule has 0 saturated heterocycles. The van der Waals surface area contributed by atoms with Crippen molar-refractivity contribution in [3.8, 4) is 0 Å². The number of rotatable bonds is 0. The fourth-order valence-electron chi connectivity index (χ4n) is 0. The van der Waals surface area contributed by atoms with Crippen molar-refractivity contribution in [3.63, 3.8) is 0 Å². The van der Waals surface area contributed by atoms with Gasteiger partial charge < -0.3 is 0 Å². The van der Waals surface area contributed by atoms with Gasteiger partial charge in [0.15, 0.2) is 0 Å². The van der Waals surface area contributed by atoms with E-state index in [1.807, 2.05) is 0 Å². The van der Waals surface area contributed by atoms with Crippen LogP contribution in [0.4, 0.5) is 0 Å². The molecule has 1 atom stereocenters. The summed E-state index contributed by atoms with van der Waals surface area (Å²) in [7, 11) is 0. The van der Waals surface area contributed by atoms with Crippen LogP contribution in [-0.4, -0.2) is 45.3 Å². The summed E-state index contributed by atoms with van der Waals surface area (Å²) < 4.78 is 0. The van der Waals surface area contributed by atoms with Crippen LogP contribution in [0.2, 0.25) is 0 Å². The van der Waals surface area contributed by atoms with Gasteiger partial charge in [-0.1, -0.05) is 0 Å². The Morgan fingerprint density at radius 3 is 1.00 bits per heavy atom. The van der Waals surface area contributed by atoms with Gasteiger partial charge >= 0.3 is 45.3 Å². The first-order chi connectivity index (χ1) is 0. The molecule has 0 N–H and O–H groups in total. The molecular weight excluding hydrogens is 447 g/mol. The second-order valence-corrected chi connectivity index (χ2v) is 0. The first kappa shape index (κ1) is 28.4. The Bertz CT molecular complexity index is 8.00. The molecule has 1 unspecified atom stereocenters. The summed E-state index contributed by atoms with van der Waals surface area (Å²) in [5, 5.41) is 0. The molecule has 0 rings (SSSR count). The maximum atomic E-state index is 0. The van der Waals surface area contributed by atoms with Crippen molar-refractivity contribution >= 4 is 45.3 Å². The summed E-state index contributed by atoms with van der Waals surface area (Å²) in [6, 6.07) is 0. The van der Waals surface area contributed by atoms with E-state index in [2.05, 4.69) is 0 Å². The number of hydrogen-bond donors (Lipinski definition) is 0. The van der Waals surface area contributed by atoms with Gasteiger partial charge in [-0.15, -0.1) is 0 Å². The van der Waals surface area contributed by atoms with Gasteiger partial charge in [0, 0.05) is 44.7 Å². The minimum atomic E-state index is 0. The number of hydrogen-bond acceptors (Lipinski definition) is 0. The van der Waals surface area contributed by atoms with E-state index in [0.717, 1.165) is 0 Å². The fraction of sp³-hybridized carbons (Fsp3) is 0. The molecule has 0 amide bonds. The van der Waals surface area contributed by atoms with Gasteiger partial charge in [0.1, 0.15) is 0 Å². The van der Waals surface area contributed by atoms with Gasteiger partial charge in [-0.05, 0) is 0 Å². The van der Waals surface area contributed by atoms with Crippen LogP contribution in [0.25, 0.3) is 0 Å². The van der Waals surface area contributed by atoms with Crippen LogP contribution in [0.1, 0.15) is 0 Å². The summed E-state index contributed by atoms with van der Waals surface area (Å²) >= 11 is 0. The van der Waals surface area contributed by atoms with Crippen molar-refractivity contribution in [1.82, 2.24) is 0 Å². The Balaban J connectivity index is 0. The van der Waals surface area contributed by atoms with Gasteiger partial charge in [-0.25, -0.2) is 0 Å². The van der Waals surface area contributed by atoms with Crippen LogP contribution in [0.5, 0.6) is 0 Å². The molecular formula is H5AsCdCrPb. The van der Waals surface area contributed by atoms with Crippen molar-refractivity contribution < 1.29 is 44.7 Å². The molecule has 4 heavy (non-hydrogen) atoms. The topological polar surface area (TPSA) is 0 Å². The Kier molecular flexibility index (Phi) is 119. The molecule has 0 nitrogen and oxygen atoms in total. The zero-order valence-electron chi connectivity index (χ0n) is 2.53. The van der Waals surface area contributed by atoms with E-state index in [1.54, 1.807) is 0 Å². The predicted octanol–water partition coefficient (Wildman–Crippen LogP) is -2.11. The second-order valence-electron chi connectivity index (χ2n) is 0. The van der Waals surface area contributed by atoms with Gasteiger partial charge in [-0.3, -0.25) is 0 Å². The van der Waals surface area contributed by atoms with Gasteiger partial charge in [0.2, 0.25) is 0 Å². The quantitative estimate of drug-likeness (QED) is 0.370. The van der Waals surface area contributed by atoms with Crippen LogP contribution in [0.3, 0.4) is 0 Å². The molecule has 0 fully saturated rings. The third kappa shape index (κ3) is 8.87. The standard InChI is InChI=1S/AsH3.Cd.Cr.Pb.2H/h1H3;;;;;. The van der Waals surface area contributed by atoms with Crippen molar-refractivity contribution in [2.75, 3.05) is 0 Å². The summed E-state index contributed by atoms with van der Waals surface area (Å²) in [6.07, 6.45) is 0. The average molecular weight is 452 g/mol. The summed E-state index contributed by atoms with van der Waals surface area (Å²) in [6.45, 7) is 0. The van der Waals surface area contributed by atoms with Crippen molar-refractivity contribution in [3.05, 3.63) is 0 Å². The third-order valence-electron chi connectivity index (χ3n) is 0. The molecule has 0 aromatic carbocycles. The molecule has 0 saturated carbocycles. The molecule has 0 aliphatic carbocycles. The predicted molar refractivity (Wildman–Crippen MR) is 18.5 cm³/mol. The van der Waals surface area contributed by atoms with Crippen LogP contribution in [0, 0.1) is 0 Å². The zero-order chi connectivity index (χ0) is 0. The van der Waals surface area contributed by atoms with E-state index in [1.165, 1.54) is 0 Å². The van der Waals surface area contributed by atoms with Crippen LogP contribution in [0.15, 0.2) is 0 Å². The van der Waals surface area contributed by atoms with Crippen LogP contribution >= 0.6 is 0 Å². The molecule has 0 aliphatic rings. The molecule has 0 heterocycles. The Morgan fingerprint density at radius 2 is 1.00 bits per heavy atom. The summed E-state index contributed by atoms with van der Waals surface area (Å²) in [5.41, 5.74) is 0. The summed E-state index contributed by atoms with van der Waals surface area (Å²) in [4.78, 5) is 0. The average Bonchev–Trinajstić information content (AvgIpc) is 0. The third-order valence-corrected chi connectivity index (χ3v) is 0.